The Morgan fingerprint density at radius 3 is 2.62 bits per heavy atom. The van der Waals surface area contributed by atoms with Crippen LogP contribution < -0.4 is 5.32 Å². The quantitative estimate of drug-likeness (QED) is 0.603. The highest BCUT2D eigenvalue weighted by Gasteiger charge is 2.18. The number of halogens is 2. The van der Waals surface area contributed by atoms with Crippen LogP contribution in [-0.4, -0.2) is 21.1 Å². The summed E-state index contributed by atoms with van der Waals surface area (Å²) in [6.45, 7) is 3.52. The minimum Gasteiger partial charge on any atom is -0.441 e. The summed E-state index contributed by atoms with van der Waals surface area (Å²) in [7, 11) is 0. The fourth-order valence-electron chi connectivity index (χ4n) is 2.42. The molecule has 1 aromatic heterocycles. The lowest BCUT2D eigenvalue weighted by molar-refractivity contribution is 0.121. The number of ether oxygens (including phenoxy) is 1. The van der Waals surface area contributed by atoms with E-state index in [9.17, 15) is 4.79 Å². The van der Waals surface area contributed by atoms with Gasteiger partial charge in [-0.1, -0.05) is 50.9 Å². The Bertz CT molecular complexity index is 927. The second-order valence-electron chi connectivity index (χ2n) is 5.61. The van der Waals surface area contributed by atoms with Gasteiger partial charge in [-0.25, -0.2) is 4.79 Å². The first-order valence-electron chi connectivity index (χ1n) is 7.86. The van der Waals surface area contributed by atoms with Crippen molar-refractivity contribution in [1.82, 2.24) is 15.0 Å². The van der Waals surface area contributed by atoms with Crippen molar-refractivity contribution in [2.75, 3.05) is 5.32 Å². The minimum atomic E-state index is -0.610. The topological polar surface area (TPSA) is 69.0 Å². The normalized spacial score (nSPS) is 11.8. The monoisotopic (exact) mass is 434 g/mol. The molecule has 2 aromatic carbocycles. The molecule has 1 unspecified atom stereocenters. The average molecular weight is 436 g/mol. The molecule has 0 spiro atoms. The highest BCUT2D eigenvalue weighted by atomic mass is 79.9. The van der Waals surface area contributed by atoms with Gasteiger partial charge < -0.3 is 4.74 Å². The number of amides is 1. The fraction of sp³-hybridized carbons (Fsp3) is 0.167. The Morgan fingerprint density at radius 1 is 1.23 bits per heavy atom. The number of hydrogen-bond donors (Lipinski definition) is 1. The molecule has 3 rings (SSSR count). The van der Waals surface area contributed by atoms with Gasteiger partial charge in [0.15, 0.2) is 5.82 Å². The van der Waals surface area contributed by atoms with E-state index in [1.54, 1.807) is 24.6 Å². The summed E-state index contributed by atoms with van der Waals surface area (Å²) in [4.78, 5) is 12.3. The first-order chi connectivity index (χ1) is 12.5. The molecule has 0 saturated carbocycles. The second-order valence-corrected chi connectivity index (χ2v) is 6.93. The van der Waals surface area contributed by atoms with Crippen molar-refractivity contribution in [2.45, 2.75) is 20.0 Å². The summed E-state index contributed by atoms with van der Waals surface area (Å²) in [5, 5.41) is 11.4. The molecule has 0 bridgehead atoms. The van der Waals surface area contributed by atoms with Crippen molar-refractivity contribution in [3.63, 3.8) is 0 Å². The maximum Gasteiger partial charge on any atom is 0.413 e. The van der Waals surface area contributed by atoms with Crippen molar-refractivity contribution in [2.24, 2.45) is 0 Å². The molecular weight excluding hydrogens is 420 g/mol. The third-order valence-corrected chi connectivity index (χ3v) is 4.63. The van der Waals surface area contributed by atoms with E-state index in [4.69, 9.17) is 16.3 Å². The van der Waals surface area contributed by atoms with Crippen molar-refractivity contribution in [1.29, 1.82) is 0 Å². The molecule has 0 fully saturated rings. The first kappa shape index (κ1) is 18.4. The number of benzene rings is 2. The van der Waals surface area contributed by atoms with Crippen LogP contribution in [0.2, 0.25) is 5.02 Å². The zero-order chi connectivity index (χ0) is 18.7. The van der Waals surface area contributed by atoms with Crippen molar-refractivity contribution >= 4 is 39.4 Å². The van der Waals surface area contributed by atoms with Crippen molar-refractivity contribution < 1.29 is 9.53 Å². The summed E-state index contributed by atoms with van der Waals surface area (Å²) < 4.78 is 7.93. The number of nitrogens with zero attached hydrogens (tertiary/aromatic N) is 3. The maximum atomic E-state index is 12.3. The molecule has 0 aliphatic heterocycles. The molecule has 26 heavy (non-hydrogen) atoms. The van der Waals surface area contributed by atoms with Crippen LogP contribution in [0.5, 0.6) is 0 Å². The van der Waals surface area contributed by atoms with Gasteiger partial charge in [-0.05, 0) is 44.2 Å². The molecule has 3 aromatic rings. The van der Waals surface area contributed by atoms with Crippen LogP contribution in [0.3, 0.4) is 0 Å². The van der Waals surface area contributed by atoms with E-state index in [0.29, 0.717) is 16.5 Å². The summed E-state index contributed by atoms with van der Waals surface area (Å²) in [6, 6.07) is 14.7. The molecule has 1 heterocycles. The largest absolute Gasteiger partial charge is 0.441 e. The molecule has 0 aliphatic carbocycles. The van der Waals surface area contributed by atoms with Crippen LogP contribution in [0.15, 0.2) is 53.0 Å². The number of nitrogens with one attached hydrogen (secondary N) is 1. The molecule has 6 nitrogen and oxygen atoms in total. The summed E-state index contributed by atoms with van der Waals surface area (Å²) in [5.74, 6) is 0.448. The zero-order valence-electron chi connectivity index (χ0n) is 14.1. The Morgan fingerprint density at radius 2 is 1.92 bits per heavy atom. The van der Waals surface area contributed by atoms with Crippen LogP contribution in [0, 0.1) is 6.92 Å². The van der Waals surface area contributed by atoms with E-state index < -0.39 is 12.2 Å². The molecule has 0 aliphatic rings. The number of anilines is 1. The van der Waals surface area contributed by atoms with Crippen LogP contribution >= 0.6 is 27.5 Å². The van der Waals surface area contributed by atoms with Crippen molar-refractivity contribution in [3.05, 3.63) is 69.3 Å². The third kappa shape index (κ3) is 4.05. The average Bonchev–Trinajstić information content (AvgIpc) is 2.96. The Labute approximate surface area is 164 Å². The second kappa shape index (κ2) is 7.88. The molecule has 0 saturated heterocycles. The summed E-state index contributed by atoms with van der Waals surface area (Å²) >= 11 is 9.54. The maximum absolute atomic E-state index is 12.3. The first-order valence-corrected chi connectivity index (χ1v) is 9.03. The van der Waals surface area contributed by atoms with Gasteiger partial charge in [-0.15, -0.1) is 5.10 Å². The lowest BCUT2D eigenvalue weighted by Crippen LogP contribution is -2.19. The highest BCUT2D eigenvalue weighted by molar-refractivity contribution is 9.10. The lowest BCUT2D eigenvalue weighted by atomic mass is 10.1. The molecule has 134 valence electrons. The molecule has 1 atom stereocenters. The smallest absolute Gasteiger partial charge is 0.413 e. The van der Waals surface area contributed by atoms with Gasteiger partial charge in [0.1, 0.15) is 11.8 Å². The van der Waals surface area contributed by atoms with Crippen LogP contribution in [0.1, 0.15) is 24.3 Å². The van der Waals surface area contributed by atoms with Gasteiger partial charge in [0.2, 0.25) is 0 Å². The number of aryl methyl sites for hydroxylation is 1. The Hall–Kier alpha value is -2.38. The van der Waals surface area contributed by atoms with Gasteiger partial charge in [-0.2, -0.15) is 4.68 Å². The number of carbonyl (C=O) groups excluding carboxylic acids is 1. The highest BCUT2D eigenvalue weighted by Crippen LogP contribution is 2.26. The molecule has 1 N–H and O–H groups in total. The number of rotatable bonds is 4. The number of aromatic nitrogens is 3. The van der Waals surface area contributed by atoms with E-state index >= 15 is 0 Å². The van der Waals surface area contributed by atoms with Gasteiger partial charge >= 0.3 is 6.09 Å². The van der Waals surface area contributed by atoms with Gasteiger partial charge in [-0.3, -0.25) is 5.32 Å². The third-order valence-electron chi connectivity index (χ3n) is 3.76. The van der Waals surface area contributed by atoms with Gasteiger partial charge in [0, 0.05) is 15.1 Å². The lowest BCUT2D eigenvalue weighted by Gasteiger charge is -2.16. The molecular formula is C18H16BrClN4O2. The van der Waals surface area contributed by atoms with Crippen LogP contribution in [-0.2, 0) is 4.74 Å². The molecule has 0 radical (unpaired) electrons. The van der Waals surface area contributed by atoms with E-state index in [2.05, 4.69) is 31.6 Å². The van der Waals surface area contributed by atoms with E-state index in [-0.39, 0.29) is 0 Å². The predicted molar refractivity (Wildman–Crippen MR) is 104 cm³/mol. The fourth-order valence-corrected chi connectivity index (χ4v) is 2.97. The molecule has 1 amide bonds. The number of hydrogen-bond acceptors (Lipinski definition) is 4. The van der Waals surface area contributed by atoms with Gasteiger partial charge in [0.25, 0.3) is 0 Å². The summed E-state index contributed by atoms with van der Waals surface area (Å²) in [6.07, 6.45) is -1.11. The zero-order valence-corrected chi connectivity index (χ0v) is 16.5. The van der Waals surface area contributed by atoms with E-state index in [1.807, 2.05) is 42.5 Å². The predicted octanol–water partition coefficient (Wildman–Crippen LogP) is 5.30. The Kier molecular flexibility index (Phi) is 5.58. The standard InChI is InChI=1S/C18H16BrClN4O2/c1-11-17(24(23-22-11)14-9-7-13(19)8-10-14)21-18(25)26-12(2)15-5-3-4-6-16(15)20/h3-10,12H,1-2H3,(H,21,25). The van der Waals surface area contributed by atoms with E-state index in [1.165, 1.54) is 0 Å². The van der Waals surface area contributed by atoms with Crippen LogP contribution in [0.4, 0.5) is 10.6 Å². The van der Waals surface area contributed by atoms with Crippen molar-refractivity contribution in [3.8, 4) is 5.69 Å². The number of carbonyl (C=O) groups is 1. The van der Waals surface area contributed by atoms with E-state index in [0.717, 1.165) is 15.7 Å². The molecule has 8 heteroatoms. The van der Waals surface area contributed by atoms with Gasteiger partial charge in [0.05, 0.1) is 5.69 Å². The summed E-state index contributed by atoms with van der Waals surface area (Å²) in [5.41, 5.74) is 2.08. The van der Waals surface area contributed by atoms with Crippen LogP contribution in [0.25, 0.3) is 5.69 Å². The Balaban J connectivity index is 1.77. The minimum absolute atomic E-state index is 0.448. The SMILES string of the molecule is Cc1nnn(-c2ccc(Br)cc2)c1NC(=O)OC(C)c1ccccc1Cl.